The molecule has 9 N–H and O–H groups in total. The molecule has 2 heterocycles. The van der Waals surface area contributed by atoms with Crippen molar-refractivity contribution in [3.8, 4) is 23.0 Å². The Kier molecular flexibility index (Phi) is 12.8. The molecule has 0 amide bonds. The third kappa shape index (κ3) is 8.50. The van der Waals surface area contributed by atoms with Crippen LogP contribution >= 0.6 is 0 Å². The number of phenols is 1. The Bertz CT molecular complexity index is 1320. The molecule has 10 atom stereocenters. The second-order valence-corrected chi connectivity index (χ2v) is 11.1. The van der Waals surface area contributed by atoms with E-state index < -0.39 is 80.7 Å². The second kappa shape index (κ2) is 16.3. The number of hydrogen-bond donors (Lipinski definition) is 9. The summed E-state index contributed by atoms with van der Waals surface area (Å²) >= 11 is 0. The first-order chi connectivity index (χ1) is 22.5. The standard InChI is InChI=1S/C31H42O16/c1-41-20-11-17(6-7-18(20)34)24(35)22(12-32)46-19-8-5-16(10-21(19)42-2)4-3-9-43-29-27(38)26(37)25(36)23(47-29)13-44-30-28(39)31(40,14-33)15-45-30/h3-8,10-11,22-30,32-40H,9,12-15H2,1-2H3/t22-,23+,24+,25+,26-,27+,28-,29+,30+,31+/m0/s1. The van der Waals surface area contributed by atoms with Crippen LogP contribution in [0, 0.1) is 0 Å². The topological polar surface area (TPSA) is 247 Å². The number of aromatic hydroxyl groups is 1. The molecule has 0 spiro atoms. The van der Waals surface area contributed by atoms with Crippen molar-refractivity contribution < 1.29 is 79.1 Å². The maximum absolute atomic E-state index is 10.8. The normalized spacial score (nSPS) is 30.7. The van der Waals surface area contributed by atoms with E-state index in [2.05, 4.69) is 0 Å². The zero-order valence-corrected chi connectivity index (χ0v) is 25.7. The van der Waals surface area contributed by atoms with Gasteiger partial charge < -0.3 is 79.1 Å². The number of methoxy groups -OCH3 is 2. The average molecular weight is 671 g/mol. The summed E-state index contributed by atoms with van der Waals surface area (Å²) in [5, 5.41) is 91.1. The van der Waals surface area contributed by atoms with Gasteiger partial charge in [0.1, 0.15) is 42.2 Å². The molecule has 262 valence electrons. The number of rotatable bonds is 15. The van der Waals surface area contributed by atoms with Crippen LogP contribution in [-0.4, -0.2) is 148 Å². The summed E-state index contributed by atoms with van der Waals surface area (Å²) in [6, 6.07) is 9.16. The lowest BCUT2D eigenvalue weighted by Crippen LogP contribution is -2.59. The fraction of sp³-hybridized carbons (Fsp3) is 0.548. The van der Waals surface area contributed by atoms with Gasteiger partial charge in [0.2, 0.25) is 0 Å². The summed E-state index contributed by atoms with van der Waals surface area (Å²) in [7, 11) is 2.79. The van der Waals surface area contributed by atoms with E-state index in [1.54, 1.807) is 30.4 Å². The monoisotopic (exact) mass is 670 g/mol. The summed E-state index contributed by atoms with van der Waals surface area (Å²) in [6.07, 6.45) is -9.39. The highest BCUT2D eigenvalue weighted by molar-refractivity contribution is 5.56. The van der Waals surface area contributed by atoms with E-state index in [4.69, 9.17) is 33.2 Å². The minimum atomic E-state index is -1.91. The van der Waals surface area contributed by atoms with E-state index in [1.807, 2.05) is 0 Å². The quantitative estimate of drug-likeness (QED) is 0.101. The first-order valence-electron chi connectivity index (χ1n) is 14.7. The van der Waals surface area contributed by atoms with Crippen LogP contribution in [0.25, 0.3) is 6.08 Å². The molecular weight excluding hydrogens is 628 g/mol. The molecule has 2 saturated heterocycles. The predicted molar refractivity (Wildman–Crippen MR) is 160 cm³/mol. The fourth-order valence-corrected chi connectivity index (χ4v) is 4.99. The van der Waals surface area contributed by atoms with Gasteiger partial charge in [0.15, 0.2) is 41.7 Å². The molecule has 0 bridgehead atoms. The summed E-state index contributed by atoms with van der Waals surface area (Å²) in [5.74, 6) is 0.574. The lowest BCUT2D eigenvalue weighted by molar-refractivity contribution is -0.307. The number of ether oxygens (including phenoxy) is 7. The Labute approximate surface area is 270 Å². The molecule has 2 aliphatic rings. The number of benzene rings is 2. The maximum Gasteiger partial charge on any atom is 0.187 e. The number of hydrogen-bond acceptors (Lipinski definition) is 16. The molecule has 0 aromatic heterocycles. The Morgan fingerprint density at radius 3 is 2.32 bits per heavy atom. The van der Waals surface area contributed by atoms with Crippen molar-refractivity contribution in [1.82, 2.24) is 0 Å². The number of aliphatic hydroxyl groups excluding tert-OH is 7. The Morgan fingerprint density at radius 1 is 0.915 bits per heavy atom. The number of aliphatic hydroxyl groups is 8. The van der Waals surface area contributed by atoms with Gasteiger partial charge in [0, 0.05) is 0 Å². The van der Waals surface area contributed by atoms with Crippen molar-refractivity contribution in [1.29, 1.82) is 0 Å². The third-order valence-corrected chi connectivity index (χ3v) is 7.88. The predicted octanol–water partition coefficient (Wildman–Crippen LogP) is -1.82. The molecular formula is C31H42O16. The molecule has 16 nitrogen and oxygen atoms in total. The molecule has 0 unspecified atom stereocenters. The summed E-state index contributed by atoms with van der Waals surface area (Å²) in [6.45, 7) is -2.18. The molecule has 0 aliphatic carbocycles. The van der Waals surface area contributed by atoms with Crippen LogP contribution in [-0.2, 0) is 18.9 Å². The first kappa shape index (κ1) is 36.7. The van der Waals surface area contributed by atoms with Crippen LogP contribution in [0.1, 0.15) is 17.2 Å². The molecule has 47 heavy (non-hydrogen) atoms. The molecule has 16 heteroatoms. The second-order valence-electron chi connectivity index (χ2n) is 11.1. The zero-order chi connectivity index (χ0) is 34.3. The largest absolute Gasteiger partial charge is 0.504 e. The smallest absolute Gasteiger partial charge is 0.187 e. The van der Waals surface area contributed by atoms with Gasteiger partial charge in [-0.05, 0) is 35.4 Å². The third-order valence-electron chi connectivity index (χ3n) is 7.88. The average Bonchev–Trinajstić information content (AvgIpc) is 3.37. The Hall–Kier alpha value is -3.10. The Balaban J connectivity index is 1.33. The van der Waals surface area contributed by atoms with E-state index in [1.165, 1.54) is 32.4 Å². The van der Waals surface area contributed by atoms with Gasteiger partial charge in [0.05, 0.1) is 47.3 Å². The zero-order valence-electron chi connectivity index (χ0n) is 25.7. The van der Waals surface area contributed by atoms with Gasteiger partial charge in [-0.1, -0.05) is 24.3 Å². The summed E-state index contributed by atoms with van der Waals surface area (Å²) in [4.78, 5) is 0. The van der Waals surface area contributed by atoms with Crippen molar-refractivity contribution >= 4 is 6.08 Å². The highest BCUT2D eigenvalue weighted by atomic mass is 16.7. The molecule has 0 radical (unpaired) electrons. The van der Waals surface area contributed by atoms with E-state index in [0.29, 0.717) is 16.9 Å². The molecule has 2 aliphatic heterocycles. The molecule has 2 aromatic rings. The van der Waals surface area contributed by atoms with Crippen LogP contribution in [0.15, 0.2) is 42.5 Å². The summed E-state index contributed by atoms with van der Waals surface area (Å²) < 4.78 is 38.1. The van der Waals surface area contributed by atoms with Gasteiger partial charge in [0.25, 0.3) is 0 Å². The van der Waals surface area contributed by atoms with E-state index in [-0.39, 0.29) is 30.5 Å². The molecule has 2 aromatic carbocycles. The van der Waals surface area contributed by atoms with Crippen LogP contribution in [0.4, 0.5) is 0 Å². The van der Waals surface area contributed by atoms with Gasteiger partial charge in [-0.2, -0.15) is 0 Å². The van der Waals surface area contributed by atoms with Crippen molar-refractivity contribution in [2.24, 2.45) is 0 Å². The van der Waals surface area contributed by atoms with Gasteiger partial charge in [-0.25, -0.2) is 0 Å². The van der Waals surface area contributed by atoms with Gasteiger partial charge in [-0.3, -0.25) is 0 Å². The van der Waals surface area contributed by atoms with E-state index >= 15 is 0 Å². The van der Waals surface area contributed by atoms with Crippen LogP contribution in [0.3, 0.4) is 0 Å². The lowest BCUT2D eigenvalue weighted by atomic mass is 9.99. The molecule has 4 rings (SSSR count). The van der Waals surface area contributed by atoms with Gasteiger partial charge >= 0.3 is 0 Å². The van der Waals surface area contributed by atoms with E-state index in [0.717, 1.165) is 0 Å². The maximum atomic E-state index is 10.8. The van der Waals surface area contributed by atoms with Crippen molar-refractivity contribution in [3.63, 3.8) is 0 Å². The minimum absolute atomic E-state index is 0.0957. The van der Waals surface area contributed by atoms with Crippen molar-refractivity contribution in [2.45, 2.75) is 60.9 Å². The van der Waals surface area contributed by atoms with Crippen molar-refractivity contribution in [2.75, 3.05) is 47.3 Å². The molecule has 2 fully saturated rings. The minimum Gasteiger partial charge on any atom is -0.504 e. The SMILES string of the molecule is COc1cc([C@@H](O)[C@H](CO)Oc2ccc(C=CCO[C@@H]3O[C@H](CO[C@@H]4OC[C@](O)(CO)[C@H]4O)[C@@H](O)[C@H](O)[C@H]3O)cc2OC)ccc1O. The van der Waals surface area contributed by atoms with E-state index in [9.17, 15) is 46.0 Å². The highest BCUT2D eigenvalue weighted by Gasteiger charge is 2.50. The Morgan fingerprint density at radius 2 is 1.66 bits per heavy atom. The van der Waals surface area contributed by atoms with Gasteiger partial charge in [-0.15, -0.1) is 0 Å². The number of phenolic OH excluding ortho intramolecular Hbond substituents is 1. The lowest BCUT2D eigenvalue weighted by Gasteiger charge is -2.40. The van der Waals surface area contributed by atoms with Crippen molar-refractivity contribution in [3.05, 3.63) is 53.6 Å². The first-order valence-corrected chi connectivity index (χ1v) is 14.7. The van der Waals surface area contributed by atoms with Crippen LogP contribution in [0.5, 0.6) is 23.0 Å². The molecule has 0 saturated carbocycles. The fourth-order valence-electron chi connectivity index (χ4n) is 4.99. The van der Waals surface area contributed by atoms with Crippen LogP contribution in [0.2, 0.25) is 0 Å². The van der Waals surface area contributed by atoms with Crippen LogP contribution < -0.4 is 14.2 Å². The highest BCUT2D eigenvalue weighted by Crippen LogP contribution is 2.34. The summed E-state index contributed by atoms with van der Waals surface area (Å²) in [5.41, 5.74) is -0.912.